The van der Waals surface area contributed by atoms with Gasteiger partial charge in [-0.15, -0.1) is 0 Å². The lowest BCUT2D eigenvalue weighted by molar-refractivity contribution is 0.622. The Morgan fingerprint density at radius 2 is 2.31 bits per heavy atom. The predicted octanol–water partition coefficient (Wildman–Crippen LogP) is 1.62. The van der Waals surface area contributed by atoms with E-state index >= 15 is 0 Å². The van der Waals surface area contributed by atoms with E-state index in [0.29, 0.717) is 17.4 Å². The molecular formula is C9H10FN3. The van der Waals surface area contributed by atoms with Gasteiger partial charge in [-0.3, -0.25) is 4.98 Å². The molecule has 1 fully saturated rings. The van der Waals surface area contributed by atoms with Crippen molar-refractivity contribution in [3.63, 3.8) is 0 Å². The summed E-state index contributed by atoms with van der Waals surface area (Å²) in [6.07, 6.45) is 4.83. The molecule has 1 aromatic rings. The molecule has 1 aromatic heterocycles. The van der Waals surface area contributed by atoms with Crippen LogP contribution in [0, 0.1) is 11.7 Å². The third-order valence-electron chi connectivity index (χ3n) is 1.94. The summed E-state index contributed by atoms with van der Waals surface area (Å²) in [5.41, 5.74) is 6.15. The van der Waals surface area contributed by atoms with E-state index in [1.54, 1.807) is 0 Å². The second kappa shape index (κ2) is 3.12. The minimum Gasteiger partial charge on any atom is -0.387 e. The average Bonchev–Trinajstić information content (AvgIpc) is 2.85. The van der Waals surface area contributed by atoms with Crippen LogP contribution in [0.4, 0.5) is 10.1 Å². The molecule has 2 N–H and O–H groups in total. The second-order valence-electron chi connectivity index (χ2n) is 3.17. The fourth-order valence-corrected chi connectivity index (χ4v) is 1.08. The molecule has 0 saturated heterocycles. The fourth-order valence-electron chi connectivity index (χ4n) is 1.08. The molecule has 1 aliphatic rings. The van der Waals surface area contributed by atoms with Crippen LogP contribution < -0.4 is 5.73 Å². The third-order valence-corrected chi connectivity index (χ3v) is 1.94. The fraction of sp³-hybridized carbons (Fsp3) is 0.333. The van der Waals surface area contributed by atoms with E-state index < -0.39 is 0 Å². The zero-order valence-electron chi connectivity index (χ0n) is 7.07. The maximum Gasteiger partial charge on any atom is 0.143 e. The van der Waals surface area contributed by atoms with Gasteiger partial charge in [0.2, 0.25) is 0 Å². The topological polar surface area (TPSA) is 51.3 Å². The van der Waals surface area contributed by atoms with E-state index in [1.165, 1.54) is 12.3 Å². The van der Waals surface area contributed by atoms with Gasteiger partial charge in [-0.1, -0.05) is 0 Å². The van der Waals surface area contributed by atoms with Crippen molar-refractivity contribution in [1.29, 1.82) is 0 Å². The molecule has 1 aliphatic carbocycles. The molecule has 0 amide bonds. The highest BCUT2D eigenvalue weighted by atomic mass is 19.1. The van der Waals surface area contributed by atoms with Gasteiger partial charge in [-0.25, -0.2) is 9.38 Å². The lowest BCUT2D eigenvalue weighted by atomic mass is 10.3. The van der Waals surface area contributed by atoms with Gasteiger partial charge in [0.1, 0.15) is 11.7 Å². The van der Waals surface area contributed by atoms with E-state index in [9.17, 15) is 4.39 Å². The van der Waals surface area contributed by atoms with Crippen molar-refractivity contribution in [2.24, 2.45) is 16.6 Å². The number of hydrogen-bond donors (Lipinski definition) is 1. The Kier molecular flexibility index (Phi) is 1.96. The zero-order chi connectivity index (χ0) is 9.26. The molecule has 0 atom stereocenters. The van der Waals surface area contributed by atoms with E-state index in [0.717, 1.165) is 19.0 Å². The normalized spacial score (nSPS) is 17.5. The minimum atomic E-state index is -0.384. The largest absolute Gasteiger partial charge is 0.387 e. The molecule has 1 saturated carbocycles. The molecule has 68 valence electrons. The van der Waals surface area contributed by atoms with Crippen LogP contribution in [0.3, 0.4) is 0 Å². The van der Waals surface area contributed by atoms with Crippen molar-refractivity contribution in [2.45, 2.75) is 12.8 Å². The Labute approximate surface area is 75.5 Å². The molecule has 3 nitrogen and oxygen atoms in total. The highest BCUT2D eigenvalue weighted by Crippen LogP contribution is 2.29. The summed E-state index contributed by atoms with van der Waals surface area (Å²) in [7, 11) is 0. The first-order valence-electron chi connectivity index (χ1n) is 4.20. The summed E-state index contributed by atoms with van der Waals surface area (Å²) >= 11 is 0. The van der Waals surface area contributed by atoms with E-state index in [1.807, 2.05) is 0 Å². The van der Waals surface area contributed by atoms with Crippen molar-refractivity contribution >= 4 is 11.5 Å². The smallest absolute Gasteiger partial charge is 0.143 e. The number of rotatable bonds is 2. The van der Waals surface area contributed by atoms with E-state index in [2.05, 4.69) is 9.98 Å². The first kappa shape index (κ1) is 8.16. The van der Waals surface area contributed by atoms with Gasteiger partial charge in [0.25, 0.3) is 0 Å². The van der Waals surface area contributed by atoms with Gasteiger partial charge in [0, 0.05) is 12.0 Å². The second-order valence-corrected chi connectivity index (χ2v) is 3.17. The molecule has 1 heterocycles. The van der Waals surface area contributed by atoms with Crippen LogP contribution >= 0.6 is 0 Å². The molecule has 0 radical (unpaired) electrons. The lowest BCUT2D eigenvalue weighted by Crippen LogP contribution is -2.13. The van der Waals surface area contributed by atoms with E-state index in [-0.39, 0.29) is 5.82 Å². The van der Waals surface area contributed by atoms with Gasteiger partial charge in [0.05, 0.1) is 18.1 Å². The number of nitrogens with zero attached hydrogens (tertiary/aromatic N) is 2. The SMILES string of the molecule is NC(=Nc1cncc(F)c1)C1CC1. The van der Waals surface area contributed by atoms with Crippen molar-refractivity contribution in [3.05, 3.63) is 24.3 Å². The summed E-state index contributed by atoms with van der Waals surface area (Å²) in [5, 5.41) is 0. The molecule has 13 heavy (non-hydrogen) atoms. The Morgan fingerprint density at radius 3 is 2.92 bits per heavy atom. The monoisotopic (exact) mass is 179 g/mol. The quantitative estimate of drug-likeness (QED) is 0.554. The number of halogens is 1. The summed E-state index contributed by atoms with van der Waals surface area (Å²) in [6, 6.07) is 1.32. The first-order valence-corrected chi connectivity index (χ1v) is 4.20. The van der Waals surface area contributed by atoms with Gasteiger partial charge in [-0.2, -0.15) is 0 Å². The molecule has 0 aromatic carbocycles. The highest BCUT2D eigenvalue weighted by Gasteiger charge is 2.25. The number of pyridine rings is 1. The first-order chi connectivity index (χ1) is 6.25. The highest BCUT2D eigenvalue weighted by molar-refractivity contribution is 5.87. The Morgan fingerprint density at radius 1 is 1.54 bits per heavy atom. The summed E-state index contributed by atoms with van der Waals surface area (Å²) in [4.78, 5) is 7.75. The molecule has 4 heteroatoms. The maximum atomic E-state index is 12.7. The van der Waals surface area contributed by atoms with Gasteiger partial charge in [0.15, 0.2) is 0 Å². The third kappa shape index (κ3) is 2.02. The van der Waals surface area contributed by atoms with Crippen molar-refractivity contribution in [3.8, 4) is 0 Å². The van der Waals surface area contributed by atoms with Crippen LogP contribution in [-0.4, -0.2) is 10.8 Å². The van der Waals surface area contributed by atoms with Crippen molar-refractivity contribution in [2.75, 3.05) is 0 Å². The van der Waals surface area contributed by atoms with Crippen LogP contribution in [0.2, 0.25) is 0 Å². The minimum absolute atomic E-state index is 0.384. The molecule has 2 rings (SSSR count). The van der Waals surface area contributed by atoms with Crippen molar-refractivity contribution < 1.29 is 4.39 Å². The van der Waals surface area contributed by atoms with Crippen LogP contribution in [-0.2, 0) is 0 Å². The zero-order valence-corrected chi connectivity index (χ0v) is 7.07. The molecule has 0 aliphatic heterocycles. The predicted molar refractivity (Wildman–Crippen MR) is 48.2 cm³/mol. The standard InChI is InChI=1S/C9H10FN3/c10-7-3-8(5-12-4-7)13-9(11)6-1-2-6/h3-6H,1-2H2,(H2,11,13). The van der Waals surface area contributed by atoms with Crippen LogP contribution in [0.15, 0.2) is 23.5 Å². The molecule has 0 spiro atoms. The van der Waals surface area contributed by atoms with Crippen LogP contribution in [0.5, 0.6) is 0 Å². The number of hydrogen-bond acceptors (Lipinski definition) is 2. The van der Waals surface area contributed by atoms with Crippen LogP contribution in [0.1, 0.15) is 12.8 Å². The molecule has 0 unspecified atom stereocenters. The van der Waals surface area contributed by atoms with Gasteiger partial charge < -0.3 is 5.73 Å². The lowest BCUT2D eigenvalue weighted by Gasteiger charge is -1.96. The van der Waals surface area contributed by atoms with Gasteiger partial charge >= 0.3 is 0 Å². The number of nitrogens with two attached hydrogens (primary N) is 1. The van der Waals surface area contributed by atoms with Crippen molar-refractivity contribution in [1.82, 2.24) is 4.98 Å². The van der Waals surface area contributed by atoms with Gasteiger partial charge in [-0.05, 0) is 12.8 Å². The number of amidine groups is 1. The summed E-state index contributed by atoms with van der Waals surface area (Å²) in [5.74, 6) is 0.612. The summed E-state index contributed by atoms with van der Waals surface area (Å²) in [6.45, 7) is 0. The molecule has 0 bridgehead atoms. The number of aliphatic imine (C=N–C) groups is 1. The number of aromatic nitrogens is 1. The Balaban J connectivity index is 2.20. The van der Waals surface area contributed by atoms with E-state index in [4.69, 9.17) is 5.73 Å². The summed E-state index contributed by atoms with van der Waals surface area (Å²) < 4.78 is 12.7. The van der Waals surface area contributed by atoms with Crippen LogP contribution in [0.25, 0.3) is 0 Å². The molecular weight excluding hydrogens is 169 g/mol. The Hall–Kier alpha value is -1.45. The average molecular weight is 179 g/mol. The Bertz CT molecular complexity index is 344. The maximum absolute atomic E-state index is 12.7.